The van der Waals surface area contributed by atoms with Gasteiger partial charge in [-0.3, -0.25) is 10.1 Å². The molecule has 0 aliphatic carbocycles. The number of non-ortho nitro benzene ring substituents is 1. The molecule has 0 fully saturated rings. The van der Waals surface area contributed by atoms with Crippen LogP contribution in [0.4, 0.5) is 5.69 Å². The molecule has 0 amide bonds. The summed E-state index contributed by atoms with van der Waals surface area (Å²) in [5.41, 5.74) is 2.99. The fourth-order valence-corrected chi connectivity index (χ4v) is 2.20. The lowest BCUT2D eigenvalue weighted by molar-refractivity contribution is -0.384. The lowest BCUT2D eigenvalue weighted by Gasteiger charge is -2.07. The third-order valence-electron chi connectivity index (χ3n) is 3.20. The number of hydrogen-bond acceptors (Lipinski definition) is 5. The van der Waals surface area contributed by atoms with Gasteiger partial charge in [-0.2, -0.15) is 0 Å². The van der Waals surface area contributed by atoms with Crippen LogP contribution in [0.5, 0.6) is 5.75 Å². The summed E-state index contributed by atoms with van der Waals surface area (Å²) in [5, 5.41) is 14.5. The Hall–Kier alpha value is -2.89. The second kappa shape index (κ2) is 8.67. The van der Waals surface area contributed by atoms with Crippen LogP contribution in [0.1, 0.15) is 23.1 Å². The van der Waals surface area contributed by atoms with Crippen molar-refractivity contribution in [3.8, 4) is 5.75 Å². The average molecular weight is 328 g/mol. The minimum atomic E-state index is -0.442. The van der Waals surface area contributed by atoms with E-state index in [-0.39, 0.29) is 5.69 Å². The minimum Gasteiger partial charge on any atom is -0.493 e. The van der Waals surface area contributed by atoms with Gasteiger partial charge in [0.05, 0.1) is 17.7 Å². The number of oxime groups is 1. The number of nitro benzene ring substituents is 1. The molecule has 0 aliphatic heterocycles. The van der Waals surface area contributed by atoms with Gasteiger partial charge < -0.3 is 9.57 Å². The Balaban J connectivity index is 1.69. The first-order valence-electron chi connectivity index (χ1n) is 7.65. The molecule has 2 aromatic carbocycles. The van der Waals surface area contributed by atoms with Crippen LogP contribution in [0.3, 0.4) is 0 Å². The summed E-state index contributed by atoms with van der Waals surface area (Å²) in [5.74, 6) is 0.854. The Labute approximate surface area is 140 Å². The molecular formula is C18H20N2O4. The number of ether oxygens (including phenoxy) is 1. The van der Waals surface area contributed by atoms with Gasteiger partial charge in [0, 0.05) is 24.1 Å². The molecule has 2 aromatic rings. The average Bonchev–Trinajstić information content (AvgIpc) is 2.53. The molecule has 6 heteroatoms. The van der Waals surface area contributed by atoms with Gasteiger partial charge in [0.15, 0.2) is 0 Å². The van der Waals surface area contributed by atoms with E-state index in [2.05, 4.69) is 11.2 Å². The van der Waals surface area contributed by atoms with Crippen LogP contribution >= 0.6 is 0 Å². The van der Waals surface area contributed by atoms with Crippen molar-refractivity contribution >= 4 is 11.9 Å². The highest BCUT2D eigenvalue weighted by molar-refractivity contribution is 5.80. The molecule has 126 valence electrons. The van der Waals surface area contributed by atoms with E-state index in [1.54, 1.807) is 12.1 Å². The van der Waals surface area contributed by atoms with Crippen LogP contribution in [0.25, 0.3) is 0 Å². The quantitative estimate of drug-likeness (QED) is 0.317. The summed E-state index contributed by atoms with van der Waals surface area (Å²) in [6.45, 7) is 5.02. The normalized spacial score (nSPS) is 10.8. The summed E-state index contributed by atoms with van der Waals surface area (Å²) in [6.07, 6.45) is 2.15. The van der Waals surface area contributed by atoms with Gasteiger partial charge in [-0.15, -0.1) is 0 Å². The zero-order chi connectivity index (χ0) is 17.4. The van der Waals surface area contributed by atoms with Gasteiger partial charge >= 0.3 is 0 Å². The van der Waals surface area contributed by atoms with Crippen LogP contribution in [-0.4, -0.2) is 24.4 Å². The molecule has 0 unspecified atom stereocenters. The van der Waals surface area contributed by atoms with E-state index in [4.69, 9.17) is 9.57 Å². The Morgan fingerprint density at radius 1 is 1.12 bits per heavy atom. The van der Waals surface area contributed by atoms with Gasteiger partial charge in [0.1, 0.15) is 12.4 Å². The first-order valence-corrected chi connectivity index (χ1v) is 7.65. The van der Waals surface area contributed by atoms with Crippen molar-refractivity contribution in [3.63, 3.8) is 0 Å². The lowest BCUT2D eigenvalue weighted by atomic mass is 10.1. The third-order valence-corrected chi connectivity index (χ3v) is 3.20. The number of benzene rings is 2. The largest absolute Gasteiger partial charge is 0.493 e. The van der Waals surface area contributed by atoms with Crippen molar-refractivity contribution in [3.05, 3.63) is 69.3 Å². The van der Waals surface area contributed by atoms with E-state index in [1.807, 2.05) is 26.0 Å². The summed E-state index contributed by atoms with van der Waals surface area (Å²) in [7, 11) is 0. The van der Waals surface area contributed by atoms with Gasteiger partial charge in [0.25, 0.3) is 5.69 Å². The molecule has 0 bridgehead atoms. The number of nitrogens with zero attached hydrogens (tertiary/aromatic N) is 2. The third kappa shape index (κ3) is 5.72. The van der Waals surface area contributed by atoms with Crippen molar-refractivity contribution in [2.75, 3.05) is 13.2 Å². The second-order valence-electron chi connectivity index (χ2n) is 5.45. The lowest BCUT2D eigenvalue weighted by Crippen LogP contribution is -2.01. The Bertz CT molecular complexity index is 708. The molecule has 0 atom stereocenters. The molecule has 0 spiro atoms. The van der Waals surface area contributed by atoms with E-state index < -0.39 is 4.92 Å². The molecule has 0 radical (unpaired) electrons. The highest BCUT2D eigenvalue weighted by Crippen LogP contribution is 2.16. The molecule has 0 saturated heterocycles. The SMILES string of the molecule is Cc1cc(C)cc(OCCCO/N=C/c2cccc([N+](=O)[O-])c2)c1. The molecule has 2 rings (SSSR count). The fraction of sp³-hybridized carbons (Fsp3) is 0.278. The van der Waals surface area contributed by atoms with E-state index in [1.165, 1.54) is 29.5 Å². The van der Waals surface area contributed by atoms with Crippen LogP contribution in [-0.2, 0) is 4.84 Å². The minimum absolute atomic E-state index is 0.0285. The predicted molar refractivity (Wildman–Crippen MR) is 92.7 cm³/mol. The van der Waals surface area contributed by atoms with E-state index >= 15 is 0 Å². The Morgan fingerprint density at radius 3 is 2.58 bits per heavy atom. The molecule has 0 aromatic heterocycles. The molecule has 0 saturated carbocycles. The van der Waals surface area contributed by atoms with E-state index in [9.17, 15) is 10.1 Å². The van der Waals surface area contributed by atoms with Crippen molar-refractivity contribution < 1.29 is 14.5 Å². The van der Waals surface area contributed by atoms with Gasteiger partial charge in [-0.25, -0.2) is 0 Å². The maximum absolute atomic E-state index is 10.7. The highest BCUT2D eigenvalue weighted by Gasteiger charge is 2.03. The molecule has 0 N–H and O–H groups in total. The first-order chi connectivity index (χ1) is 11.5. The monoisotopic (exact) mass is 328 g/mol. The number of nitro groups is 1. The zero-order valence-electron chi connectivity index (χ0n) is 13.8. The highest BCUT2D eigenvalue weighted by atomic mass is 16.6. The van der Waals surface area contributed by atoms with Crippen molar-refractivity contribution in [2.24, 2.45) is 5.16 Å². The Morgan fingerprint density at radius 2 is 1.88 bits per heavy atom. The smallest absolute Gasteiger partial charge is 0.270 e. The summed E-state index contributed by atoms with van der Waals surface area (Å²) >= 11 is 0. The van der Waals surface area contributed by atoms with Gasteiger partial charge in [0.2, 0.25) is 0 Å². The molecule has 24 heavy (non-hydrogen) atoms. The van der Waals surface area contributed by atoms with Crippen LogP contribution in [0.15, 0.2) is 47.6 Å². The predicted octanol–water partition coefficient (Wildman–Crippen LogP) is 4.03. The van der Waals surface area contributed by atoms with Crippen LogP contribution in [0.2, 0.25) is 0 Å². The van der Waals surface area contributed by atoms with Crippen molar-refractivity contribution in [2.45, 2.75) is 20.3 Å². The van der Waals surface area contributed by atoms with E-state index in [0.717, 1.165) is 5.75 Å². The number of hydrogen-bond donors (Lipinski definition) is 0. The zero-order valence-corrected chi connectivity index (χ0v) is 13.8. The van der Waals surface area contributed by atoms with Crippen LogP contribution in [0, 0.1) is 24.0 Å². The van der Waals surface area contributed by atoms with Crippen LogP contribution < -0.4 is 4.74 Å². The number of rotatable bonds is 8. The van der Waals surface area contributed by atoms with Gasteiger partial charge in [-0.1, -0.05) is 23.4 Å². The van der Waals surface area contributed by atoms with Gasteiger partial charge in [-0.05, 0) is 37.1 Å². The summed E-state index contributed by atoms with van der Waals surface area (Å²) in [6, 6.07) is 12.3. The summed E-state index contributed by atoms with van der Waals surface area (Å²) < 4.78 is 5.67. The summed E-state index contributed by atoms with van der Waals surface area (Å²) in [4.78, 5) is 15.4. The fourth-order valence-electron chi connectivity index (χ4n) is 2.20. The van der Waals surface area contributed by atoms with E-state index in [0.29, 0.717) is 25.2 Å². The Kier molecular flexibility index (Phi) is 6.31. The maximum Gasteiger partial charge on any atom is 0.270 e. The maximum atomic E-state index is 10.7. The first kappa shape index (κ1) is 17.5. The van der Waals surface area contributed by atoms with Crippen molar-refractivity contribution in [1.29, 1.82) is 0 Å². The molecule has 0 heterocycles. The standard InChI is InChI=1S/C18H20N2O4/c1-14-9-15(2)11-18(10-14)23-7-4-8-24-19-13-16-5-3-6-17(12-16)20(21)22/h3,5-6,9-13H,4,7-8H2,1-2H3/b19-13+. The second-order valence-corrected chi connectivity index (χ2v) is 5.45. The molecule has 0 aliphatic rings. The molecule has 6 nitrogen and oxygen atoms in total. The molecular weight excluding hydrogens is 308 g/mol. The number of aryl methyl sites for hydroxylation is 2. The van der Waals surface area contributed by atoms with Crippen molar-refractivity contribution in [1.82, 2.24) is 0 Å². The topological polar surface area (TPSA) is 74.0 Å².